The predicted octanol–water partition coefficient (Wildman–Crippen LogP) is 4.41. The minimum Gasteiger partial charge on any atom is -0.465 e. The van der Waals surface area contributed by atoms with Crippen LogP contribution in [0.1, 0.15) is 37.8 Å². The van der Waals surface area contributed by atoms with Crippen molar-refractivity contribution in [1.82, 2.24) is 4.90 Å². The molecule has 0 unspecified atom stereocenters. The number of carbonyl (C=O) groups excluding carboxylic acids is 2. The van der Waals surface area contributed by atoms with Crippen LogP contribution in [0.25, 0.3) is 0 Å². The van der Waals surface area contributed by atoms with Gasteiger partial charge in [-0.3, -0.25) is 9.59 Å². The van der Waals surface area contributed by atoms with Gasteiger partial charge in [-0.2, -0.15) is 11.8 Å². The van der Waals surface area contributed by atoms with Crippen LogP contribution in [0.15, 0.2) is 27.1 Å². The first kappa shape index (κ1) is 19.0. The van der Waals surface area contributed by atoms with Crippen LogP contribution in [0.4, 0.5) is 5.69 Å². The van der Waals surface area contributed by atoms with Crippen LogP contribution in [0.5, 0.6) is 0 Å². The van der Waals surface area contributed by atoms with Gasteiger partial charge in [0.2, 0.25) is 0 Å². The van der Waals surface area contributed by atoms with Crippen molar-refractivity contribution in [2.24, 2.45) is 0 Å². The van der Waals surface area contributed by atoms with Gasteiger partial charge in [-0.25, -0.2) is 0 Å². The number of halogens is 1. The first-order valence-electron chi connectivity index (χ1n) is 8.43. The summed E-state index contributed by atoms with van der Waals surface area (Å²) in [6.07, 6.45) is 0. The van der Waals surface area contributed by atoms with Crippen molar-refractivity contribution in [3.8, 4) is 0 Å². The summed E-state index contributed by atoms with van der Waals surface area (Å²) in [7, 11) is 0. The van der Waals surface area contributed by atoms with Crippen LogP contribution in [-0.2, 0) is 0 Å². The maximum absolute atomic E-state index is 12.6. The lowest BCUT2D eigenvalue weighted by atomic mass is 10.1. The summed E-state index contributed by atoms with van der Waals surface area (Å²) in [5, 5.41) is 2.91. The van der Waals surface area contributed by atoms with Crippen LogP contribution in [0.3, 0.4) is 0 Å². The molecule has 1 aliphatic rings. The largest absolute Gasteiger partial charge is 0.465 e. The number of nitrogens with zero attached hydrogens (tertiary/aromatic N) is 1. The summed E-state index contributed by atoms with van der Waals surface area (Å²) in [4.78, 5) is 27.1. The highest BCUT2D eigenvalue weighted by Gasteiger charge is 2.22. The molecule has 0 saturated carbocycles. The Kier molecular flexibility index (Phi) is 5.77. The van der Waals surface area contributed by atoms with E-state index < -0.39 is 0 Å². The minimum absolute atomic E-state index is 0.0512. The number of amides is 2. The molecule has 1 aliphatic heterocycles. The van der Waals surface area contributed by atoms with Crippen molar-refractivity contribution < 1.29 is 14.0 Å². The number of benzene rings is 1. The molecule has 1 fully saturated rings. The normalized spacial score (nSPS) is 14.4. The summed E-state index contributed by atoms with van der Waals surface area (Å²) in [5.41, 5.74) is 2.69. The van der Waals surface area contributed by atoms with Gasteiger partial charge in [-0.05, 0) is 60.5 Å². The van der Waals surface area contributed by atoms with Gasteiger partial charge in [0, 0.05) is 35.8 Å². The fourth-order valence-electron chi connectivity index (χ4n) is 2.99. The number of furan rings is 1. The zero-order chi connectivity index (χ0) is 18.8. The lowest BCUT2D eigenvalue weighted by molar-refractivity contribution is 0.0772. The molecule has 7 heteroatoms. The Bertz CT molecular complexity index is 857. The second kappa shape index (κ2) is 7.88. The highest BCUT2D eigenvalue weighted by Crippen LogP contribution is 2.28. The number of nitrogens with one attached hydrogen (secondary N) is 1. The van der Waals surface area contributed by atoms with E-state index in [1.807, 2.05) is 29.7 Å². The molecule has 1 N–H and O–H groups in total. The predicted molar refractivity (Wildman–Crippen MR) is 108 cm³/mol. The molecule has 2 aromatic rings. The third-order valence-electron chi connectivity index (χ3n) is 4.43. The second-order valence-corrected chi connectivity index (χ2v) is 8.31. The van der Waals surface area contributed by atoms with Crippen LogP contribution in [0.2, 0.25) is 0 Å². The lowest BCUT2D eigenvalue weighted by Gasteiger charge is -2.26. The number of hydrogen-bond acceptors (Lipinski definition) is 4. The molecule has 1 saturated heterocycles. The molecule has 2 amide bonds. The van der Waals surface area contributed by atoms with Crippen molar-refractivity contribution >= 4 is 45.2 Å². The van der Waals surface area contributed by atoms with Gasteiger partial charge < -0.3 is 14.6 Å². The fourth-order valence-corrected chi connectivity index (χ4v) is 4.43. The molecular weight excluding hydrogens is 416 g/mol. The smallest absolute Gasteiger partial charge is 0.260 e. The van der Waals surface area contributed by atoms with Crippen LogP contribution in [-0.4, -0.2) is 41.3 Å². The number of aryl methyl sites for hydroxylation is 3. The third-order valence-corrected chi connectivity index (χ3v) is 6.33. The van der Waals surface area contributed by atoms with E-state index in [2.05, 4.69) is 21.2 Å². The molecular formula is C19H21BrN2O3S. The molecule has 0 spiro atoms. The van der Waals surface area contributed by atoms with Gasteiger partial charge in [0.05, 0.1) is 10.0 Å². The molecule has 0 aliphatic carbocycles. The van der Waals surface area contributed by atoms with Crippen molar-refractivity contribution in [2.45, 2.75) is 20.8 Å². The standard InChI is InChI=1S/C19H21BrN2O3S/c1-11-10-14(19(24)22-6-8-26-9-7-22)4-5-15(11)21-18(23)16-12(2)25-13(3)17(16)20/h4-5,10H,6-9H2,1-3H3,(H,21,23). The molecule has 26 heavy (non-hydrogen) atoms. The molecule has 3 rings (SSSR count). The van der Waals surface area contributed by atoms with Crippen LogP contribution >= 0.6 is 27.7 Å². The molecule has 0 atom stereocenters. The Morgan fingerprint density at radius 3 is 2.42 bits per heavy atom. The fraction of sp³-hybridized carbons (Fsp3) is 0.368. The van der Waals surface area contributed by atoms with Gasteiger partial charge >= 0.3 is 0 Å². The molecule has 5 nitrogen and oxygen atoms in total. The lowest BCUT2D eigenvalue weighted by Crippen LogP contribution is -2.37. The van der Waals surface area contributed by atoms with Gasteiger partial charge in [-0.15, -0.1) is 0 Å². The van der Waals surface area contributed by atoms with E-state index in [1.165, 1.54) is 0 Å². The van der Waals surface area contributed by atoms with Crippen molar-refractivity contribution in [3.63, 3.8) is 0 Å². The zero-order valence-electron chi connectivity index (χ0n) is 15.0. The molecule has 1 aromatic carbocycles. The SMILES string of the molecule is Cc1cc(C(=O)N2CCSCC2)ccc1NC(=O)c1c(C)oc(C)c1Br. The maximum atomic E-state index is 12.6. The molecule has 0 radical (unpaired) electrons. The summed E-state index contributed by atoms with van der Waals surface area (Å²) >= 11 is 5.27. The van der Waals surface area contributed by atoms with E-state index in [9.17, 15) is 9.59 Å². The number of rotatable bonds is 3. The first-order valence-corrected chi connectivity index (χ1v) is 10.4. The highest BCUT2D eigenvalue weighted by molar-refractivity contribution is 9.10. The van der Waals surface area contributed by atoms with E-state index in [1.54, 1.807) is 26.0 Å². The minimum atomic E-state index is -0.235. The summed E-state index contributed by atoms with van der Waals surface area (Å²) in [5.74, 6) is 3.02. The molecule has 1 aromatic heterocycles. The van der Waals surface area contributed by atoms with Gasteiger partial charge in [0.25, 0.3) is 11.8 Å². The van der Waals surface area contributed by atoms with E-state index in [0.717, 1.165) is 30.2 Å². The van der Waals surface area contributed by atoms with Gasteiger partial charge in [0.15, 0.2) is 0 Å². The average molecular weight is 437 g/mol. The van der Waals surface area contributed by atoms with Crippen molar-refractivity contribution in [1.29, 1.82) is 0 Å². The zero-order valence-corrected chi connectivity index (χ0v) is 17.4. The highest BCUT2D eigenvalue weighted by atomic mass is 79.9. The Morgan fingerprint density at radius 2 is 1.85 bits per heavy atom. The van der Waals surface area contributed by atoms with Gasteiger partial charge in [0.1, 0.15) is 11.5 Å². The van der Waals surface area contributed by atoms with Gasteiger partial charge in [-0.1, -0.05) is 0 Å². The summed E-state index contributed by atoms with van der Waals surface area (Å²) < 4.78 is 6.16. The third kappa shape index (κ3) is 3.83. The number of hydrogen-bond donors (Lipinski definition) is 1. The molecule has 2 heterocycles. The van der Waals surface area contributed by atoms with Crippen molar-refractivity contribution in [3.05, 3.63) is 50.9 Å². The Morgan fingerprint density at radius 1 is 1.15 bits per heavy atom. The van der Waals surface area contributed by atoms with Crippen LogP contribution in [0, 0.1) is 20.8 Å². The van der Waals surface area contributed by atoms with Crippen molar-refractivity contribution in [2.75, 3.05) is 29.9 Å². The van der Waals surface area contributed by atoms with E-state index >= 15 is 0 Å². The quantitative estimate of drug-likeness (QED) is 0.773. The second-order valence-electron chi connectivity index (χ2n) is 6.29. The summed E-state index contributed by atoms with van der Waals surface area (Å²) in [6.45, 7) is 7.03. The number of thioether (sulfide) groups is 1. The molecule has 0 bridgehead atoms. The number of anilines is 1. The van der Waals surface area contributed by atoms with E-state index in [0.29, 0.717) is 32.8 Å². The topological polar surface area (TPSA) is 62.6 Å². The Balaban J connectivity index is 1.77. The Labute approximate surface area is 165 Å². The first-order chi connectivity index (χ1) is 12.4. The average Bonchev–Trinajstić information content (AvgIpc) is 2.89. The number of carbonyl (C=O) groups is 2. The van der Waals surface area contributed by atoms with E-state index in [-0.39, 0.29) is 11.8 Å². The summed E-state index contributed by atoms with van der Waals surface area (Å²) in [6, 6.07) is 5.40. The molecule has 138 valence electrons. The van der Waals surface area contributed by atoms with E-state index in [4.69, 9.17) is 4.42 Å². The van der Waals surface area contributed by atoms with Crippen LogP contribution < -0.4 is 5.32 Å². The Hall–Kier alpha value is -1.73. The maximum Gasteiger partial charge on any atom is 0.260 e. The monoisotopic (exact) mass is 436 g/mol.